The topological polar surface area (TPSA) is 115 Å². The highest BCUT2D eigenvalue weighted by Crippen LogP contribution is 2.42. The van der Waals surface area contributed by atoms with E-state index in [9.17, 15) is 14.4 Å². The molecular weight excluding hydrogens is 666 g/mol. The van der Waals surface area contributed by atoms with E-state index >= 15 is 0 Å². The predicted octanol–water partition coefficient (Wildman–Crippen LogP) is 8.13. The molecule has 9 heteroatoms. The van der Waals surface area contributed by atoms with Crippen molar-refractivity contribution in [2.24, 2.45) is 41.4 Å². The highest BCUT2D eigenvalue weighted by Gasteiger charge is 2.38. The van der Waals surface area contributed by atoms with E-state index in [4.69, 9.17) is 14.2 Å². The van der Waals surface area contributed by atoms with Gasteiger partial charge < -0.3 is 30.2 Å². The van der Waals surface area contributed by atoms with Crippen molar-refractivity contribution in [1.29, 1.82) is 0 Å². The minimum atomic E-state index is -0.236. The Morgan fingerprint density at radius 2 is 0.774 bits per heavy atom. The van der Waals surface area contributed by atoms with Crippen molar-refractivity contribution in [1.82, 2.24) is 16.0 Å². The molecule has 6 rings (SSSR count). The molecule has 0 radical (unpaired) electrons. The number of nitrogens with one attached hydrogen (secondary N) is 3. The monoisotopic (exact) mass is 746 g/mol. The Labute approximate surface area is 323 Å². The Morgan fingerprint density at radius 3 is 1.00 bits per heavy atom. The van der Waals surface area contributed by atoms with Crippen LogP contribution in [-0.2, 0) is 28.6 Å². The second kappa shape index (κ2) is 19.4. The molecule has 6 aliphatic carbocycles. The fourth-order valence-electron chi connectivity index (χ4n) is 6.40. The molecule has 0 heterocycles. The van der Waals surface area contributed by atoms with Crippen LogP contribution in [0, 0.1) is 41.4 Å². The average Bonchev–Trinajstić information content (AvgIpc) is 3.80. The molecule has 9 nitrogen and oxygen atoms in total. The molecule has 0 spiro atoms. The quantitative estimate of drug-likeness (QED) is 0.131. The van der Waals surface area contributed by atoms with Gasteiger partial charge in [-0.25, -0.2) is 0 Å². The highest BCUT2D eigenvalue weighted by atomic mass is 16.5. The normalized spacial score (nSPS) is 24.6. The Bertz CT molecular complexity index is 1100. The van der Waals surface area contributed by atoms with Crippen LogP contribution in [0.3, 0.4) is 0 Å². The predicted molar refractivity (Wildman–Crippen MR) is 212 cm³/mol. The van der Waals surface area contributed by atoms with Crippen molar-refractivity contribution in [3.8, 4) is 0 Å². The molecule has 0 aliphatic heterocycles. The van der Waals surface area contributed by atoms with Gasteiger partial charge in [-0.15, -0.1) is 0 Å². The Kier molecular flexibility index (Phi) is 16.1. The number of ether oxygens (including phenoxy) is 3. The number of hydrogen-bond acceptors (Lipinski definition) is 6. The van der Waals surface area contributed by atoms with Gasteiger partial charge in [0.05, 0.1) is 19.8 Å². The van der Waals surface area contributed by atoms with Crippen molar-refractivity contribution in [2.75, 3.05) is 19.8 Å². The molecule has 6 saturated carbocycles. The fraction of sp³-hybridized carbons (Fsp3) is 0.932. The van der Waals surface area contributed by atoms with E-state index < -0.39 is 0 Å². The maximum atomic E-state index is 12.2. The number of hydrogen-bond donors (Lipinski definition) is 3. The minimum Gasteiger partial charge on any atom is -0.368 e. The number of rotatable bonds is 18. The van der Waals surface area contributed by atoms with Crippen molar-refractivity contribution < 1.29 is 28.6 Å². The molecule has 6 aliphatic rings. The molecule has 0 bridgehead atoms. The number of amides is 3. The van der Waals surface area contributed by atoms with E-state index in [2.05, 4.69) is 22.9 Å². The summed E-state index contributed by atoms with van der Waals surface area (Å²) in [5, 5.41) is 9.13. The van der Waals surface area contributed by atoms with Gasteiger partial charge in [-0.1, -0.05) is 39.0 Å². The van der Waals surface area contributed by atoms with E-state index in [1.54, 1.807) is 0 Å². The van der Waals surface area contributed by atoms with Crippen LogP contribution in [0.4, 0.5) is 0 Å². The summed E-state index contributed by atoms with van der Waals surface area (Å²) in [4.78, 5) is 36.6. The summed E-state index contributed by atoms with van der Waals surface area (Å²) in [6.07, 6.45) is 17.3. The van der Waals surface area contributed by atoms with Gasteiger partial charge >= 0.3 is 0 Å². The first kappa shape index (κ1) is 44.0. The summed E-state index contributed by atoms with van der Waals surface area (Å²) < 4.78 is 17.5. The summed E-state index contributed by atoms with van der Waals surface area (Å²) in [7, 11) is 0. The Morgan fingerprint density at radius 1 is 0.491 bits per heavy atom. The molecule has 5 atom stereocenters. The zero-order chi connectivity index (χ0) is 39.0. The molecule has 5 unspecified atom stereocenters. The standard InChI is InChI=1S/2C15H27NO2.C14H25NO2/c1-10-7-12(10)8-13(18-9-11-5-6-11)14(17)16-15(2,3)4;1-15(2,3)16-14(17)13(9-11-5-4-6-11)18-10-12-7-8-12;1-14(2,3)15-13(16)12(8-10-4-5-10)17-9-11-6-7-11/h10-13H,5-9H2,1-4H3,(H,16,17);11-13H,4-10H2,1-3H3,(H,16,17);10-12H,4-9H2,1-3H3,(H,15,16). The van der Waals surface area contributed by atoms with Crippen LogP contribution >= 0.6 is 0 Å². The van der Waals surface area contributed by atoms with Gasteiger partial charge in [-0.2, -0.15) is 0 Å². The second-order valence-corrected chi connectivity index (χ2v) is 20.9. The Balaban J connectivity index is 0.000000178. The first-order chi connectivity index (χ1) is 24.7. The van der Waals surface area contributed by atoms with Gasteiger partial charge in [0.25, 0.3) is 0 Å². The largest absolute Gasteiger partial charge is 0.368 e. The van der Waals surface area contributed by atoms with E-state index in [-0.39, 0.29) is 52.7 Å². The van der Waals surface area contributed by atoms with Crippen molar-refractivity contribution in [3.63, 3.8) is 0 Å². The summed E-state index contributed by atoms with van der Waals surface area (Å²) in [6.45, 7) is 22.7. The van der Waals surface area contributed by atoms with Crippen LogP contribution in [0.1, 0.15) is 166 Å². The summed E-state index contributed by atoms with van der Waals surface area (Å²) in [5.41, 5.74) is -0.507. The van der Waals surface area contributed by atoms with Crippen LogP contribution in [-0.4, -0.2) is 72.5 Å². The maximum Gasteiger partial charge on any atom is 0.249 e. The second-order valence-electron chi connectivity index (χ2n) is 20.9. The van der Waals surface area contributed by atoms with E-state index in [1.807, 2.05) is 62.3 Å². The van der Waals surface area contributed by atoms with Crippen LogP contribution in [0.15, 0.2) is 0 Å². The molecule has 306 valence electrons. The molecule has 3 amide bonds. The maximum absolute atomic E-state index is 12.2. The lowest BCUT2D eigenvalue weighted by atomic mass is 9.81. The van der Waals surface area contributed by atoms with Gasteiger partial charge in [-0.05, 0) is 168 Å². The fourth-order valence-corrected chi connectivity index (χ4v) is 6.40. The lowest BCUT2D eigenvalue weighted by Crippen LogP contribution is -2.47. The molecular formula is C44H79N3O6. The molecule has 0 aromatic heterocycles. The molecule has 3 N–H and O–H groups in total. The zero-order valence-electron chi connectivity index (χ0n) is 35.5. The van der Waals surface area contributed by atoms with Crippen molar-refractivity contribution in [3.05, 3.63) is 0 Å². The van der Waals surface area contributed by atoms with E-state index in [0.29, 0.717) is 17.8 Å². The third kappa shape index (κ3) is 20.1. The van der Waals surface area contributed by atoms with Crippen molar-refractivity contribution in [2.45, 2.75) is 200 Å². The van der Waals surface area contributed by atoms with Gasteiger partial charge in [0, 0.05) is 16.6 Å². The Hall–Kier alpha value is -1.71. The van der Waals surface area contributed by atoms with Gasteiger partial charge in [0.15, 0.2) is 0 Å². The summed E-state index contributed by atoms with van der Waals surface area (Å²) >= 11 is 0. The van der Waals surface area contributed by atoms with Crippen LogP contribution in [0.25, 0.3) is 0 Å². The first-order valence-corrected chi connectivity index (χ1v) is 21.5. The van der Waals surface area contributed by atoms with Crippen LogP contribution in [0.5, 0.6) is 0 Å². The third-order valence-electron chi connectivity index (χ3n) is 10.9. The van der Waals surface area contributed by atoms with Gasteiger partial charge in [0.1, 0.15) is 18.3 Å². The SMILES string of the molecule is CC(C)(C)NC(=O)C(CC1CC1)OCC1CC1.CC(C)(C)NC(=O)C(CC1CCC1)OCC1CC1.CC1CC1CC(OCC1CC1)C(=O)NC(C)(C)C. The number of carbonyl (C=O) groups is 3. The van der Waals surface area contributed by atoms with Gasteiger partial charge in [-0.3, -0.25) is 14.4 Å². The summed E-state index contributed by atoms with van der Waals surface area (Å²) in [6, 6.07) is 0. The smallest absolute Gasteiger partial charge is 0.249 e. The zero-order valence-corrected chi connectivity index (χ0v) is 35.5. The van der Waals surface area contributed by atoms with Crippen molar-refractivity contribution >= 4 is 17.7 Å². The van der Waals surface area contributed by atoms with Gasteiger partial charge in [0.2, 0.25) is 17.7 Å². The molecule has 6 fully saturated rings. The summed E-state index contributed by atoms with van der Waals surface area (Å²) in [5.74, 6) is 5.29. The highest BCUT2D eigenvalue weighted by molar-refractivity contribution is 5.82. The van der Waals surface area contributed by atoms with Crippen LogP contribution in [0.2, 0.25) is 0 Å². The lowest BCUT2D eigenvalue weighted by Gasteiger charge is -2.31. The lowest BCUT2D eigenvalue weighted by molar-refractivity contribution is -0.136. The molecule has 0 aromatic carbocycles. The molecule has 0 saturated heterocycles. The van der Waals surface area contributed by atoms with E-state index in [1.165, 1.54) is 77.0 Å². The number of carbonyl (C=O) groups excluding carboxylic acids is 3. The minimum absolute atomic E-state index is 0.0715. The first-order valence-electron chi connectivity index (χ1n) is 21.5. The third-order valence-corrected chi connectivity index (χ3v) is 10.9. The van der Waals surface area contributed by atoms with Crippen LogP contribution < -0.4 is 16.0 Å². The van der Waals surface area contributed by atoms with E-state index in [0.717, 1.165) is 62.8 Å². The molecule has 53 heavy (non-hydrogen) atoms. The average molecular weight is 746 g/mol. The molecule has 0 aromatic rings.